The van der Waals surface area contributed by atoms with Crippen molar-refractivity contribution in [3.63, 3.8) is 0 Å². The topological polar surface area (TPSA) is 75.3 Å². The van der Waals surface area contributed by atoms with Crippen LogP contribution in [-0.2, 0) is 6.54 Å². The van der Waals surface area contributed by atoms with Crippen molar-refractivity contribution < 1.29 is 0 Å². The van der Waals surface area contributed by atoms with Crippen molar-refractivity contribution >= 4 is 5.96 Å². The monoisotopic (exact) mass is 193 g/mol. The van der Waals surface area contributed by atoms with Gasteiger partial charge < -0.3 is 5.32 Å². The lowest BCUT2D eigenvalue weighted by Gasteiger charge is -2.08. The summed E-state index contributed by atoms with van der Waals surface area (Å²) < 4.78 is 0. The molecule has 5 heteroatoms. The number of guanidine groups is 1. The van der Waals surface area contributed by atoms with Gasteiger partial charge in [-0.2, -0.15) is 0 Å². The number of nitrogens with zero attached hydrogens (tertiary/aromatic N) is 2. The summed E-state index contributed by atoms with van der Waals surface area (Å²) in [5.41, 5.74) is 4.59. The summed E-state index contributed by atoms with van der Waals surface area (Å²) in [4.78, 5) is 8.13. The summed E-state index contributed by atoms with van der Waals surface area (Å²) in [6.07, 6.45) is 1.77. The molecule has 0 aliphatic rings. The average Bonchev–Trinajstić information content (AvgIpc) is 2.22. The highest BCUT2D eigenvalue weighted by molar-refractivity contribution is 5.78. The fourth-order valence-electron chi connectivity index (χ4n) is 1.07. The third-order valence-electron chi connectivity index (χ3n) is 1.90. The summed E-state index contributed by atoms with van der Waals surface area (Å²) >= 11 is 0. The first-order valence-electron chi connectivity index (χ1n) is 4.35. The third-order valence-corrected chi connectivity index (χ3v) is 1.90. The van der Waals surface area contributed by atoms with Crippen LogP contribution in [0.1, 0.15) is 11.3 Å². The fraction of sp³-hybridized carbons (Fsp3) is 0.333. The van der Waals surface area contributed by atoms with Gasteiger partial charge in [-0.3, -0.25) is 15.4 Å². The highest BCUT2D eigenvalue weighted by atomic mass is 15.3. The lowest BCUT2D eigenvalue weighted by molar-refractivity contribution is 0.811. The smallest absolute Gasteiger partial charge is 0.205 e. The zero-order chi connectivity index (χ0) is 10.4. The van der Waals surface area contributed by atoms with E-state index >= 15 is 0 Å². The molecule has 0 aromatic carbocycles. The lowest BCUT2D eigenvalue weighted by Crippen LogP contribution is -2.41. The first kappa shape index (κ1) is 10.5. The quantitative estimate of drug-likeness (QED) is 0.266. The Morgan fingerprint density at radius 3 is 3.00 bits per heavy atom. The van der Waals surface area contributed by atoms with Crippen LogP contribution >= 0.6 is 0 Å². The maximum atomic E-state index is 5.22. The maximum absolute atomic E-state index is 5.22. The molecule has 0 fully saturated rings. The van der Waals surface area contributed by atoms with Crippen LogP contribution in [0.5, 0.6) is 0 Å². The van der Waals surface area contributed by atoms with Gasteiger partial charge in [-0.1, -0.05) is 6.07 Å². The van der Waals surface area contributed by atoms with Crippen molar-refractivity contribution in [3.05, 3.63) is 29.6 Å². The molecule has 1 aromatic rings. The van der Waals surface area contributed by atoms with Crippen LogP contribution in [0.15, 0.2) is 23.3 Å². The Balaban J connectivity index is 2.58. The van der Waals surface area contributed by atoms with E-state index in [1.807, 2.05) is 19.1 Å². The molecule has 5 nitrogen and oxygen atoms in total. The van der Waals surface area contributed by atoms with E-state index < -0.39 is 0 Å². The number of hydrogen-bond donors (Lipinski definition) is 3. The molecular formula is C9H15N5. The predicted molar refractivity (Wildman–Crippen MR) is 56.5 cm³/mol. The molecule has 0 radical (unpaired) electrons. The van der Waals surface area contributed by atoms with E-state index in [1.54, 1.807) is 13.2 Å². The molecule has 1 rings (SSSR count). The van der Waals surface area contributed by atoms with Crippen molar-refractivity contribution in [3.8, 4) is 0 Å². The molecule has 14 heavy (non-hydrogen) atoms. The summed E-state index contributed by atoms with van der Waals surface area (Å²) in [6.45, 7) is 2.63. The highest BCUT2D eigenvalue weighted by Crippen LogP contribution is 2.01. The number of hydrogen-bond acceptors (Lipinski definition) is 3. The van der Waals surface area contributed by atoms with E-state index in [0.29, 0.717) is 12.5 Å². The standard InChI is InChI=1S/C9H15N5/c1-7-4-3-5-12-8(7)6-13-9(11-2)14-10/h3-5H,6,10H2,1-2H3,(H2,11,13,14). The number of nitrogens with two attached hydrogens (primary N) is 1. The summed E-state index contributed by atoms with van der Waals surface area (Å²) in [6, 6.07) is 3.93. The van der Waals surface area contributed by atoms with Gasteiger partial charge in [0, 0.05) is 13.2 Å². The maximum Gasteiger partial charge on any atom is 0.205 e. The molecule has 1 aromatic heterocycles. The Labute approximate surface area is 83.4 Å². The van der Waals surface area contributed by atoms with Gasteiger partial charge in [-0.05, 0) is 18.6 Å². The Morgan fingerprint density at radius 2 is 2.43 bits per heavy atom. The van der Waals surface area contributed by atoms with Crippen LogP contribution in [0, 0.1) is 6.92 Å². The zero-order valence-electron chi connectivity index (χ0n) is 8.41. The van der Waals surface area contributed by atoms with Crippen LogP contribution in [0.2, 0.25) is 0 Å². The largest absolute Gasteiger partial charge is 0.350 e. The number of rotatable bonds is 2. The second kappa shape index (κ2) is 5.18. The van der Waals surface area contributed by atoms with Crippen LogP contribution < -0.4 is 16.6 Å². The van der Waals surface area contributed by atoms with E-state index in [0.717, 1.165) is 11.3 Å². The number of hydrazine groups is 1. The number of aliphatic imine (C=N–C) groups is 1. The molecule has 0 unspecified atom stereocenters. The molecular weight excluding hydrogens is 178 g/mol. The van der Waals surface area contributed by atoms with E-state index in [9.17, 15) is 0 Å². The molecule has 0 bridgehead atoms. The number of aryl methyl sites for hydroxylation is 1. The predicted octanol–water partition coefficient (Wildman–Crippen LogP) is -0.0713. The summed E-state index contributed by atoms with van der Waals surface area (Å²) in [5.74, 6) is 5.77. The number of pyridine rings is 1. The summed E-state index contributed by atoms with van der Waals surface area (Å²) in [7, 11) is 1.66. The van der Waals surface area contributed by atoms with Crippen molar-refractivity contribution in [1.82, 2.24) is 15.7 Å². The van der Waals surface area contributed by atoms with E-state index in [1.165, 1.54) is 0 Å². The highest BCUT2D eigenvalue weighted by Gasteiger charge is 1.99. The molecule has 0 amide bonds. The van der Waals surface area contributed by atoms with Gasteiger partial charge in [0.05, 0.1) is 12.2 Å². The summed E-state index contributed by atoms with van der Waals surface area (Å²) in [5, 5.41) is 3.03. The van der Waals surface area contributed by atoms with Gasteiger partial charge in [-0.15, -0.1) is 0 Å². The first-order chi connectivity index (χ1) is 6.77. The average molecular weight is 193 g/mol. The Hall–Kier alpha value is -1.62. The third kappa shape index (κ3) is 2.70. The SMILES string of the molecule is CN=C(NN)NCc1ncccc1C. The van der Waals surface area contributed by atoms with E-state index in [-0.39, 0.29) is 0 Å². The van der Waals surface area contributed by atoms with Gasteiger partial charge in [0.2, 0.25) is 5.96 Å². The molecule has 0 aliphatic carbocycles. The second-order valence-corrected chi connectivity index (χ2v) is 2.84. The minimum atomic E-state index is 0.551. The number of aromatic nitrogens is 1. The van der Waals surface area contributed by atoms with Crippen LogP contribution in [-0.4, -0.2) is 18.0 Å². The molecule has 1 heterocycles. The van der Waals surface area contributed by atoms with Crippen LogP contribution in [0.25, 0.3) is 0 Å². The first-order valence-corrected chi connectivity index (χ1v) is 4.35. The van der Waals surface area contributed by atoms with Crippen LogP contribution in [0.4, 0.5) is 0 Å². The Bertz CT molecular complexity index is 321. The molecule has 76 valence electrons. The molecule has 0 spiro atoms. The van der Waals surface area contributed by atoms with Gasteiger partial charge in [0.1, 0.15) is 0 Å². The molecule has 0 atom stereocenters. The molecule has 0 saturated carbocycles. The normalized spacial score (nSPS) is 11.2. The van der Waals surface area contributed by atoms with Gasteiger partial charge >= 0.3 is 0 Å². The number of nitrogens with one attached hydrogen (secondary N) is 2. The Morgan fingerprint density at radius 1 is 1.64 bits per heavy atom. The zero-order valence-corrected chi connectivity index (χ0v) is 8.41. The second-order valence-electron chi connectivity index (χ2n) is 2.84. The van der Waals surface area contributed by atoms with Crippen molar-refractivity contribution in [2.24, 2.45) is 10.8 Å². The van der Waals surface area contributed by atoms with E-state index in [2.05, 4.69) is 20.7 Å². The van der Waals surface area contributed by atoms with Crippen molar-refractivity contribution in [1.29, 1.82) is 0 Å². The van der Waals surface area contributed by atoms with Crippen molar-refractivity contribution in [2.45, 2.75) is 13.5 Å². The van der Waals surface area contributed by atoms with Crippen LogP contribution in [0.3, 0.4) is 0 Å². The minimum absolute atomic E-state index is 0.551. The molecule has 0 saturated heterocycles. The van der Waals surface area contributed by atoms with E-state index in [4.69, 9.17) is 5.84 Å². The lowest BCUT2D eigenvalue weighted by atomic mass is 10.2. The minimum Gasteiger partial charge on any atom is -0.350 e. The fourth-order valence-corrected chi connectivity index (χ4v) is 1.07. The van der Waals surface area contributed by atoms with Gasteiger partial charge in [-0.25, -0.2) is 5.84 Å². The molecule has 4 N–H and O–H groups in total. The van der Waals surface area contributed by atoms with Gasteiger partial charge in [0.25, 0.3) is 0 Å². The van der Waals surface area contributed by atoms with Gasteiger partial charge in [0.15, 0.2) is 0 Å². The van der Waals surface area contributed by atoms with Crippen molar-refractivity contribution in [2.75, 3.05) is 7.05 Å². The Kier molecular flexibility index (Phi) is 3.87. The molecule has 0 aliphatic heterocycles.